The van der Waals surface area contributed by atoms with E-state index in [-0.39, 0.29) is 17.7 Å². The summed E-state index contributed by atoms with van der Waals surface area (Å²) in [6.45, 7) is 0.0743. The summed E-state index contributed by atoms with van der Waals surface area (Å²) in [6, 6.07) is 20.7. The van der Waals surface area contributed by atoms with Crippen molar-refractivity contribution >= 4 is 49.3 Å². The molecule has 0 bridgehead atoms. The Morgan fingerprint density at radius 2 is 1.64 bits per heavy atom. The number of ether oxygens (including phenoxy) is 1. The van der Waals surface area contributed by atoms with E-state index < -0.39 is 26.2 Å². The van der Waals surface area contributed by atoms with E-state index >= 15 is 0 Å². The Labute approximate surface area is 234 Å². The molecular formula is C27H21Cl2N4O5P. The average molecular weight is 583 g/mol. The van der Waals surface area contributed by atoms with Gasteiger partial charge in [-0.2, -0.15) is 0 Å². The number of halogens is 2. The van der Waals surface area contributed by atoms with Gasteiger partial charge in [-0.15, -0.1) is 0 Å². The molecule has 1 unspecified atom stereocenters. The maximum Gasteiger partial charge on any atom is 0.338 e. The molecule has 0 N–H and O–H groups in total. The number of imidazole rings is 1. The highest BCUT2D eigenvalue weighted by atomic mass is 35.5. The Morgan fingerprint density at radius 3 is 2.28 bits per heavy atom. The number of hydrogen-bond donors (Lipinski definition) is 0. The zero-order valence-corrected chi connectivity index (χ0v) is 23.2. The standard InChI is InChI=1S/C27H21Cl2N4O5P/c1-37-26(35)17-9-7-16(8-10-17)15-31-24-22(25(34)33(27(31)36)39-38-2)32(19-13-11-18(28)12-14-19)23(30-24)20-5-3-4-6-21(20)29/h3-14,39H,15H2,1-2H3. The van der Waals surface area contributed by atoms with Gasteiger partial charge in [-0.1, -0.05) is 47.5 Å². The smallest absolute Gasteiger partial charge is 0.338 e. The molecule has 0 spiro atoms. The Kier molecular flexibility index (Phi) is 7.68. The molecular weight excluding hydrogens is 562 g/mol. The summed E-state index contributed by atoms with van der Waals surface area (Å²) in [7, 11) is 2.16. The third-order valence-electron chi connectivity index (χ3n) is 6.04. The molecule has 0 radical (unpaired) electrons. The topological polar surface area (TPSA) is 97.4 Å². The molecule has 2 heterocycles. The van der Waals surface area contributed by atoms with E-state index in [0.717, 1.165) is 4.34 Å². The predicted octanol–water partition coefficient (Wildman–Crippen LogP) is 5.16. The molecule has 12 heteroatoms. The number of aromatic nitrogens is 4. The van der Waals surface area contributed by atoms with Crippen molar-refractivity contribution in [3.05, 3.63) is 115 Å². The maximum atomic E-state index is 13.8. The van der Waals surface area contributed by atoms with Crippen LogP contribution in [0.25, 0.3) is 28.2 Å². The van der Waals surface area contributed by atoms with Crippen LogP contribution >= 0.6 is 32.2 Å². The van der Waals surface area contributed by atoms with Crippen molar-refractivity contribution in [2.75, 3.05) is 14.2 Å². The van der Waals surface area contributed by atoms with E-state index in [0.29, 0.717) is 38.2 Å². The summed E-state index contributed by atoms with van der Waals surface area (Å²) in [4.78, 5) is 44.1. The molecule has 39 heavy (non-hydrogen) atoms. The number of esters is 1. The number of nitrogens with zero attached hydrogens (tertiary/aromatic N) is 4. The lowest BCUT2D eigenvalue weighted by molar-refractivity contribution is 0.0600. The van der Waals surface area contributed by atoms with Crippen LogP contribution in [0.5, 0.6) is 0 Å². The summed E-state index contributed by atoms with van der Waals surface area (Å²) in [5.41, 5.74) is 1.45. The van der Waals surface area contributed by atoms with Crippen molar-refractivity contribution in [1.29, 1.82) is 0 Å². The molecule has 1 atom stereocenters. The third kappa shape index (κ3) is 5.02. The molecule has 2 aromatic heterocycles. The highest BCUT2D eigenvalue weighted by Crippen LogP contribution is 2.32. The summed E-state index contributed by atoms with van der Waals surface area (Å²) < 4.78 is 14.1. The fourth-order valence-corrected chi connectivity index (χ4v) is 5.13. The molecule has 0 amide bonds. The maximum absolute atomic E-state index is 13.8. The lowest BCUT2D eigenvalue weighted by Gasteiger charge is -2.13. The molecule has 5 aromatic rings. The van der Waals surface area contributed by atoms with Crippen molar-refractivity contribution < 1.29 is 14.1 Å². The number of carbonyl (C=O) groups excluding carboxylic acids is 1. The second kappa shape index (κ2) is 11.2. The van der Waals surface area contributed by atoms with E-state index in [4.69, 9.17) is 37.4 Å². The number of rotatable bonds is 7. The largest absolute Gasteiger partial charge is 0.465 e. The lowest BCUT2D eigenvalue weighted by atomic mass is 10.1. The van der Waals surface area contributed by atoms with E-state index in [1.165, 1.54) is 18.8 Å². The van der Waals surface area contributed by atoms with Crippen LogP contribution in [0.4, 0.5) is 0 Å². The van der Waals surface area contributed by atoms with Crippen LogP contribution in [-0.2, 0) is 15.8 Å². The Bertz CT molecular complexity index is 1810. The monoisotopic (exact) mass is 582 g/mol. The Morgan fingerprint density at radius 1 is 0.949 bits per heavy atom. The molecule has 0 fully saturated rings. The van der Waals surface area contributed by atoms with Gasteiger partial charge < -0.3 is 9.26 Å². The summed E-state index contributed by atoms with van der Waals surface area (Å²) in [5.74, 6) is -0.0928. The van der Waals surface area contributed by atoms with Gasteiger partial charge in [0.1, 0.15) is 14.8 Å². The molecule has 0 aliphatic rings. The molecule has 5 rings (SSSR count). The van der Waals surface area contributed by atoms with Crippen LogP contribution in [0.2, 0.25) is 10.0 Å². The Balaban J connectivity index is 1.83. The number of benzene rings is 3. The van der Waals surface area contributed by atoms with Gasteiger partial charge in [0, 0.05) is 23.4 Å². The van der Waals surface area contributed by atoms with Crippen LogP contribution < -0.4 is 11.2 Å². The van der Waals surface area contributed by atoms with Gasteiger partial charge in [-0.05, 0) is 54.1 Å². The minimum absolute atomic E-state index is 0.0743. The van der Waals surface area contributed by atoms with Crippen LogP contribution in [0.15, 0.2) is 82.4 Å². The molecule has 0 aliphatic carbocycles. The SMILES string of the molecule is COPn1c(=O)c2c(nc(-c3ccccc3Cl)n2-c2ccc(Cl)cc2)n(Cc2ccc(C(=O)OC)cc2)c1=O. The molecule has 3 aromatic carbocycles. The zero-order valence-electron chi connectivity index (χ0n) is 20.7. The van der Waals surface area contributed by atoms with E-state index in [2.05, 4.69) is 0 Å². The first kappa shape index (κ1) is 26.8. The third-order valence-corrected chi connectivity index (χ3v) is 7.38. The summed E-state index contributed by atoms with van der Waals surface area (Å²) in [5, 5.41) is 0.947. The average Bonchev–Trinajstić information content (AvgIpc) is 3.34. The van der Waals surface area contributed by atoms with Gasteiger partial charge in [-0.25, -0.2) is 18.9 Å². The number of methoxy groups -OCH3 is 1. The van der Waals surface area contributed by atoms with Crippen molar-refractivity contribution in [3.63, 3.8) is 0 Å². The summed E-state index contributed by atoms with van der Waals surface area (Å²) in [6.07, 6.45) is 0. The molecule has 0 saturated heterocycles. The number of carbonyl (C=O) groups is 1. The normalized spacial score (nSPS) is 11.5. The van der Waals surface area contributed by atoms with Crippen LogP contribution in [-0.4, -0.2) is 38.6 Å². The van der Waals surface area contributed by atoms with Crippen molar-refractivity contribution in [2.45, 2.75) is 6.54 Å². The first-order valence-corrected chi connectivity index (χ1v) is 13.2. The number of hydrogen-bond acceptors (Lipinski definition) is 6. The molecule has 198 valence electrons. The second-order valence-corrected chi connectivity index (χ2v) is 10.3. The first-order chi connectivity index (χ1) is 18.8. The van der Waals surface area contributed by atoms with Gasteiger partial charge in [0.2, 0.25) is 0 Å². The quantitative estimate of drug-likeness (QED) is 0.194. The van der Waals surface area contributed by atoms with Gasteiger partial charge in [-0.3, -0.25) is 13.9 Å². The fourth-order valence-electron chi connectivity index (χ4n) is 4.22. The summed E-state index contributed by atoms with van der Waals surface area (Å²) >= 11 is 12.7. The molecule has 0 aliphatic heterocycles. The highest BCUT2D eigenvalue weighted by molar-refractivity contribution is 7.30. The van der Waals surface area contributed by atoms with Crippen LogP contribution in [0.1, 0.15) is 15.9 Å². The van der Waals surface area contributed by atoms with Gasteiger partial charge >= 0.3 is 11.7 Å². The number of fused-ring (bicyclic) bond motifs is 1. The van der Waals surface area contributed by atoms with Crippen molar-refractivity contribution in [2.24, 2.45) is 0 Å². The van der Waals surface area contributed by atoms with Crippen molar-refractivity contribution in [1.82, 2.24) is 18.5 Å². The minimum Gasteiger partial charge on any atom is -0.465 e. The van der Waals surface area contributed by atoms with E-state index in [9.17, 15) is 14.4 Å². The van der Waals surface area contributed by atoms with Gasteiger partial charge in [0.15, 0.2) is 11.2 Å². The zero-order chi connectivity index (χ0) is 27.7. The fraction of sp³-hybridized carbons (Fsp3) is 0.111. The van der Waals surface area contributed by atoms with Gasteiger partial charge in [0.25, 0.3) is 5.56 Å². The molecule has 9 nitrogen and oxygen atoms in total. The van der Waals surface area contributed by atoms with E-state index in [1.807, 2.05) is 6.07 Å². The molecule has 0 saturated carbocycles. The first-order valence-electron chi connectivity index (χ1n) is 11.6. The van der Waals surface area contributed by atoms with Crippen molar-refractivity contribution in [3.8, 4) is 17.1 Å². The lowest BCUT2D eigenvalue weighted by Crippen LogP contribution is -2.37. The van der Waals surface area contributed by atoms with Crippen LogP contribution in [0, 0.1) is 0 Å². The Hall–Kier alpha value is -3.75. The predicted molar refractivity (Wildman–Crippen MR) is 153 cm³/mol. The van der Waals surface area contributed by atoms with Gasteiger partial charge in [0.05, 0.1) is 24.2 Å². The second-order valence-electron chi connectivity index (χ2n) is 8.39. The van der Waals surface area contributed by atoms with Crippen LogP contribution in [0.3, 0.4) is 0 Å². The highest BCUT2D eigenvalue weighted by Gasteiger charge is 2.24. The minimum atomic E-state index is -0.587. The van der Waals surface area contributed by atoms with E-state index in [1.54, 1.807) is 71.3 Å².